The van der Waals surface area contributed by atoms with Crippen molar-refractivity contribution in [3.63, 3.8) is 0 Å². The van der Waals surface area contributed by atoms with Gasteiger partial charge in [-0.2, -0.15) is 10.5 Å². The fourth-order valence-corrected chi connectivity index (χ4v) is 4.08. The van der Waals surface area contributed by atoms with Gasteiger partial charge in [-0.3, -0.25) is 0 Å². The first-order valence-electron chi connectivity index (χ1n) is 9.35. The average molecular weight is 404 g/mol. The molecule has 144 valence electrons. The van der Waals surface area contributed by atoms with Gasteiger partial charge in [-0.25, -0.2) is 0 Å². The Hall–Kier alpha value is -3.35. The summed E-state index contributed by atoms with van der Waals surface area (Å²) in [6.07, 6.45) is 0.767. The Morgan fingerprint density at radius 3 is 2.48 bits per heavy atom. The lowest BCUT2D eigenvalue weighted by Crippen LogP contribution is -2.30. The minimum absolute atomic E-state index is 0.111. The highest BCUT2D eigenvalue weighted by Crippen LogP contribution is 2.42. The molecule has 6 nitrogen and oxygen atoms in total. The number of fused-ring (bicyclic) bond motifs is 1. The van der Waals surface area contributed by atoms with E-state index in [-0.39, 0.29) is 12.0 Å². The second-order valence-electron chi connectivity index (χ2n) is 7.30. The number of hydrogen-bond acceptors (Lipinski definition) is 6. The molecule has 0 saturated heterocycles. The maximum absolute atomic E-state index is 9.24. The summed E-state index contributed by atoms with van der Waals surface area (Å²) in [5.74, 6) is 1.17. The number of anilines is 1. The van der Waals surface area contributed by atoms with Crippen LogP contribution in [0.5, 0.6) is 0 Å². The summed E-state index contributed by atoms with van der Waals surface area (Å²) < 4.78 is 6.04. The van der Waals surface area contributed by atoms with Gasteiger partial charge in [-0.15, -0.1) is 10.2 Å². The van der Waals surface area contributed by atoms with E-state index in [1.165, 1.54) is 0 Å². The van der Waals surface area contributed by atoms with Crippen molar-refractivity contribution in [2.75, 3.05) is 11.4 Å². The Kier molecular flexibility index (Phi) is 4.96. The van der Waals surface area contributed by atoms with Crippen molar-refractivity contribution in [2.45, 2.75) is 26.3 Å². The van der Waals surface area contributed by atoms with E-state index in [0.29, 0.717) is 27.9 Å². The van der Waals surface area contributed by atoms with Crippen molar-refractivity contribution >= 4 is 17.3 Å². The average Bonchev–Trinajstić information content (AvgIpc) is 3.37. The zero-order valence-corrected chi connectivity index (χ0v) is 16.8. The van der Waals surface area contributed by atoms with Crippen LogP contribution in [-0.2, 0) is 6.42 Å². The van der Waals surface area contributed by atoms with E-state index in [4.69, 9.17) is 21.3 Å². The number of nitriles is 2. The standard InChI is InChI=1S/C22H18ClN5O/c1-13(2)20(28-10-9-17-18(28)8-7-16(12-25)19(17)23)22-27-26-21(29-22)15-5-3-14(11-24)4-6-15/h3-8,13,20H,9-10H2,1-2H3. The number of hydrogen-bond donors (Lipinski definition) is 0. The Labute approximate surface area is 174 Å². The first kappa shape index (κ1) is 19.0. The van der Waals surface area contributed by atoms with Crippen molar-refractivity contribution in [1.29, 1.82) is 10.5 Å². The van der Waals surface area contributed by atoms with Crippen molar-refractivity contribution in [1.82, 2.24) is 10.2 Å². The third kappa shape index (κ3) is 3.33. The molecule has 0 N–H and O–H groups in total. The highest BCUT2D eigenvalue weighted by Gasteiger charge is 2.34. The summed E-state index contributed by atoms with van der Waals surface area (Å²) >= 11 is 6.44. The number of rotatable bonds is 4. The number of halogens is 1. The number of nitrogens with zero attached hydrogens (tertiary/aromatic N) is 5. The van der Waals surface area contributed by atoms with Crippen molar-refractivity contribution in [3.05, 3.63) is 64.0 Å². The monoisotopic (exact) mass is 403 g/mol. The van der Waals surface area contributed by atoms with Gasteiger partial charge in [0, 0.05) is 17.8 Å². The quantitative estimate of drug-likeness (QED) is 0.615. The lowest BCUT2D eigenvalue weighted by molar-refractivity contribution is 0.376. The largest absolute Gasteiger partial charge is 0.418 e. The van der Waals surface area contributed by atoms with Gasteiger partial charge in [0.15, 0.2) is 0 Å². The maximum atomic E-state index is 9.24. The van der Waals surface area contributed by atoms with Crippen LogP contribution in [0.25, 0.3) is 11.5 Å². The number of benzene rings is 2. The Balaban J connectivity index is 1.69. The normalized spacial score (nSPS) is 13.8. The fraction of sp³-hybridized carbons (Fsp3) is 0.273. The van der Waals surface area contributed by atoms with Gasteiger partial charge in [-0.05, 0) is 54.3 Å². The van der Waals surface area contributed by atoms with Gasteiger partial charge in [0.25, 0.3) is 0 Å². The zero-order chi connectivity index (χ0) is 20.5. The molecular formula is C22H18ClN5O. The Bertz CT molecular complexity index is 1140. The molecule has 0 saturated carbocycles. The molecule has 1 unspecified atom stereocenters. The summed E-state index contributed by atoms with van der Waals surface area (Å²) in [6, 6.07) is 14.9. The summed E-state index contributed by atoms with van der Waals surface area (Å²) in [4.78, 5) is 2.23. The van der Waals surface area contributed by atoms with Crippen LogP contribution in [0.4, 0.5) is 5.69 Å². The van der Waals surface area contributed by atoms with Crippen LogP contribution < -0.4 is 4.90 Å². The molecule has 1 aromatic heterocycles. The highest BCUT2D eigenvalue weighted by atomic mass is 35.5. The van der Waals surface area contributed by atoms with Crippen molar-refractivity contribution in [3.8, 4) is 23.6 Å². The fourth-order valence-electron chi connectivity index (χ4n) is 3.78. The van der Waals surface area contributed by atoms with E-state index in [0.717, 1.165) is 29.8 Å². The molecule has 1 atom stereocenters. The van der Waals surface area contributed by atoms with Crippen LogP contribution in [-0.4, -0.2) is 16.7 Å². The van der Waals surface area contributed by atoms with Crippen molar-refractivity contribution in [2.24, 2.45) is 5.92 Å². The van der Waals surface area contributed by atoms with Crippen LogP contribution >= 0.6 is 11.6 Å². The molecule has 0 aliphatic carbocycles. The third-order valence-corrected chi connectivity index (χ3v) is 5.60. The van der Waals surface area contributed by atoms with Gasteiger partial charge in [0.05, 0.1) is 22.2 Å². The van der Waals surface area contributed by atoms with Gasteiger partial charge >= 0.3 is 0 Å². The topological polar surface area (TPSA) is 89.7 Å². The van der Waals surface area contributed by atoms with Crippen LogP contribution in [0.1, 0.15) is 42.5 Å². The molecular weight excluding hydrogens is 386 g/mol. The maximum Gasteiger partial charge on any atom is 0.247 e. The van der Waals surface area contributed by atoms with E-state index in [1.807, 2.05) is 6.07 Å². The molecule has 2 heterocycles. The van der Waals surface area contributed by atoms with Gasteiger partial charge < -0.3 is 9.32 Å². The van der Waals surface area contributed by atoms with Gasteiger partial charge in [0.1, 0.15) is 12.1 Å². The predicted molar refractivity (Wildman–Crippen MR) is 109 cm³/mol. The van der Waals surface area contributed by atoms with Crippen LogP contribution in [0.2, 0.25) is 5.02 Å². The van der Waals surface area contributed by atoms with E-state index in [2.05, 4.69) is 41.1 Å². The van der Waals surface area contributed by atoms with Gasteiger partial charge in [-0.1, -0.05) is 25.4 Å². The smallest absolute Gasteiger partial charge is 0.247 e. The number of aromatic nitrogens is 2. The second-order valence-corrected chi connectivity index (χ2v) is 7.68. The first-order chi connectivity index (χ1) is 14.0. The molecule has 2 aromatic carbocycles. The zero-order valence-electron chi connectivity index (χ0n) is 16.1. The lowest BCUT2D eigenvalue weighted by atomic mass is 10.0. The van der Waals surface area contributed by atoms with Crippen LogP contribution in [0.3, 0.4) is 0 Å². The first-order valence-corrected chi connectivity index (χ1v) is 9.73. The Morgan fingerprint density at radius 1 is 1.07 bits per heavy atom. The van der Waals surface area contributed by atoms with Crippen molar-refractivity contribution < 1.29 is 4.42 Å². The minimum Gasteiger partial charge on any atom is -0.418 e. The van der Waals surface area contributed by atoms with E-state index >= 15 is 0 Å². The lowest BCUT2D eigenvalue weighted by Gasteiger charge is -2.30. The molecule has 1 aliphatic rings. The summed E-state index contributed by atoms with van der Waals surface area (Å²) in [5, 5.41) is 27.3. The molecule has 0 amide bonds. The molecule has 29 heavy (non-hydrogen) atoms. The van der Waals surface area contributed by atoms with E-state index < -0.39 is 0 Å². The van der Waals surface area contributed by atoms with Crippen LogP contribution in [0, 0.1) is 28.6 Å². The molecule has 0 radical (unpaired) electrons. The molecule has 7 heteroatoms. The second kappa shape index (κ2) is 7.58. The van der Waals surface area contributed by atoms with Gasteiger partial charge in [0.2, 0.25) is 11.8 Å². The third-order valence-electron chi connectivity index (χ3n) is 5.17. The Morgan fingerprint density at radius 2 is 1.83 bits per heavy atom. The summed E-state index contributed by atoms with van der Waals surface area (Å²) in [5.41, 5.74) is 3.84. The molecule has 0 fully saturated rings. The van der Waals surface area contributed by atoms with E-state index in [1.54, 1.807) is 30.3 Å². The predicted octanol–water partition coefficient (Wildman–Crippen LogP) is 4.89. The molecule has 0 spiro atoms. The molecule has 3 aromatic rings. The molecule has 1 aliphatic heterocycles. The minimum atomic E-state index is -0.111. The highest BCUT2D eigenvalue weighted by molar-refractivity contribution is 6.33. The SMILES string of the molecule is CC(C)C(c1nnc(-c2ccc(C#N)cc2)o1)N1CCc2c1ccc(C#N)c2Cl. The molecule has 4 rings (SSSR count). The summed E-state index contributed by atoms with van der Waals surface area (Å²) in [6.45, 7) is 4.99. The van der Waals surface area contributed by atoms with Crippen LogP contribution in [0.15, 0.2) is 40.8 Å². The van der Waals surface area contributed by atoms with E-state index in [9.17, 15) is 5.26 Å². The summed E-state index contributed by atoms with van der Waals surface area (Å²) in [7, 11) is 0. The molecule has 0 bridgehead atoms.